The highest BCUT2D eigenvalue weighted by atomic mass is 16.5. The van der Waals surface area contributed by atoms with Gasteiger partial charge in [-0.2, -0.15) is 0 Å². The summed E-state index contributed by atoms with van der Waals surface area (Å²) < 4.78 is 6.11. The Labute approximate surface area is 140 Å². The Morgan fingerprint density at radius 3 is 2.83 bits per heavy atom. The maximum absolute atomic E-state index is 12.6. The lowest BCUT2D eigenvalue weighted by atomic mass is 9.97. The molecular weight excluding hydrogens is 304 g/mol. The number of carbonyl (C=O) groups excluding carboxylic acids is 1. The number of aromatic nitrogens is 2. The molecule has 1 spiro atoms. The summed E-state index contributed by atoms with van der Waals surface area (Å²) in [5, 5.41) is 3.47. The molecule has 2 aliphatic rings. The third-order valence-electron chi connectivity index (χ3n) is 4.75. The van der Waals surface area contributed by atoms with Crippen LogP contribution in [-0.4, -0.2) is 52.1 Å². The number of hydrogen-bond donors (Lipinski definition) is 1. The Kier molecular flexibility index (Phi) is 3.90. The van der Waals surface area contributed by atoms with E-state index in [2.05, 4.69) is 15.3 Å². The number of carbonyl (C=O) groups is 1. The molecule has 0 saturated carbocycles. The second kappa shape index (κ2) is 6.20. The van der Waals surface area contributed by atoms with Gasteiger partial charge in [-0.05, 0) is 30.7 Å². The van der Waals surface area contributed by atoms with Crippen molar-refractivity contribution in [2.45, 2.75) is 24.5 Å². The predicted molar refractivity (Wildman–Crippen MR) is 89.7 cm³/mol. The van der Waals surface area contributed by atoms with Crippen molar-refractivity contribution < 1.29 is 9.53 Å². The van der Waals surface area contributed by atoms with Crippen molar-refractivity contribution in [1.29, 1.82) is 0 Å². The molecule has 24 heavy (non-hydrogen) atoms. The second-order valence-electron chi connectivity index (χ2n) is 6.50. The van der Waals surface area contributed by atoms with E-state index in [0.717, 1.165) is 25.1 Å². The van der Waals surface area contributed by atoms with Crippen molar-refractivity contribution in [3.8, 4) is 0 Å². The Morgan fingerprint density at radius 2 is 2.08 bits per heavy atom. The summed E-state index contributed by atoms with van der Waals surface area (Å²) in [5.41, 5.74) is 1.42. The van der Waals surface area contributed by atoms with Crippen molar-refractivity contribution in [1.82, 2.24) is 14.9 Å². The van der Waals surface area contributed by atoms with Gasteiger partial charge >= 0.3 is 0 Å². The largest absolute Gasteiger partial charge is 0.379 e. The van der Waals surface area contributed by atoms with E-state index in [1.54, 1.807) is 24.7 Å². The van der Waals surface area contributed by atoms with Crippen LogP contribution in [0.5, 0.6) is 0 Å². The van der Waals surface area contributed by atoms with E-state index >= 15 is 0 Å². The van der Waals surface area contributed by atoms with E-state index in [-0.39, 0.29) is 17.6 Å². The highest BCUT2D eigenvalue weighted by molar-refractivity contribution is 5.94. The summed E-state index contributed by atoms with van der Waals surface area (Å²) in [7, 11) is 0. The SMILES string of the molecule is O=C(c1cccnc1)N1CCC2(CC(Nc3cccnc3)CO2)C1. The summed E-state index contributed by atoms with van der Waals surface area (Å²) in [6.45, 7) is 2.03. The summed E-state index contributed by atoms with van der Waals surface area (Å²) in [4.78, 5) is 22.6. The molecule has 6 nitrogen and oxygen atoms in total. The molecule has 6 heteroatoms. The van der Waals surface area contributed by atoms with Crippen LogP contribution in [0.1, 0.15) is 23.2 Å². The Balaban J connectivity index is 1.39. The molecule has 124 valence electrons. The van der Waals surface area contributed by atoms with Crippen molar-refractivity contribution in [2.75, 3.05) is 25.0 Å². The number of nitrogens with zero attached hydrogens (tertiary/aromatic N) is 3. The van der Waals surface area contributed by atoms with Crippen LogP contribution in [0.4, 0.5) is 5.69 Å². The van der Waals surface area contributed by atoms with E-state index in [4.69, 9.17) is 4.74 Å². The summed E-state index contributed by atoms with van der Waals surface area (Å²) in [5.74, 6) is 0.0345. The lowest BCUT2D eigenvalue weighted by Crippen LogP contribution is -2.36. The lowest BCUT2D eigenvalue weighted by molar-refractivity contribution is 0.0125. The standard InChI is InChI=1S/C18H20N4O2/c23-17(14-3-1-6-19-10-14)22-8-5-18(13-22)9-16(12-24-18)21-15-4-2-7-20-11-15/h1-4,6-7,10-11,16,21H,5,8-9,12-13H2. The number of nitrogens with one attached hydrogen (secondary N) is 1. The van der Waals surface area contributed by atoms with E-state index < -0.39 is 0 Å². The van der Waals surface area contributed by atoms with Gasteiger partial charge in [0.05, 0.1) is 36.0 Å². The zero-order chi connectivity index (χ0) is 16.4. The molecule has 2 aromatic rings. The molecule has 0 aromatic carbocycles. The molecule has 2 aliphatic heterocycles. The van der Waals surface area contributed by atoms with Gasteiger partial charge in [0.2, 0.25) is 0 Å². The number of ether oxygens (including phenoxy) is 1. The molecule has 1 N–H and O–H groups in total. The van der Waals surface area contributed by atoms with Gasteiger partial charge in [0.15, 0.2) is 0 Å². The monoisotopic (exact) mass is 324 g/mol. The van der Waals surface area contributed by atoms with Crippen molar-refractivity contribution >= 4 is 11.6 Å². The minimum absolute atomic E-state index is 0.0345. The van der Waals surface area contributed by atoms with E-state index in [9.17, 15) is 4.79 Å². The van der Waals surface area contributed by atoms with Gasteiger partial charge < -0.3 is 15.0 Å². The highest BCUT2D eigenvalue weighted by Gasteiger charge is 2.46. The van der Waals surface area contributed by atoms with Crippen LogP contribution in [0, 0.1) is 0 Å². The van der Waals surface area contributed by atoms with Gasteiger partial charge in [0, 0.05) is 37.8 Å². The molecule has 0 radical (unpaired) electrons. The number of anilines is 1. The normalized spacial score (nSPS) is 26.0. The van der Waals surface area contributed by atoms with Gasteiger partial charge in [-0.3, -0.25) is 14.8 Å². The van der Waals surface area contributed by atoms with Crippen molar-refractivity contribution in [2.24, 2.45) is 0 Å². The average molecular weight is 324 g/mol. The van der Waals surface area contributed by atoms with Gasteiger partial charge in [0.25, 0.3) is 5.91 Å². The number of amides is 1. The Bertz CT molecular complexity index is 709. The number of likely N-dealkylation sites (tertiary alicyclic amines) is 1. The third kappa shape index (κ3) is 2.97. The summed E-state index contributed by atoms with van der Waals surface area (Å²) in [6.07, 6.45) is 8.66. The number of rotatable bonds is 3. The predicted octanol–water partition coefficient (Wildman–Crippen LogP) is 1.96. The first-order chi connectivity index (χ1) is 11.7. The third-order valence-corrected chi connectivity index (χ3v) is 4.75. The fourth-order valence-electron chi connectivity index (χ4n) is 3.60. The molecule has 2 saturated heterocycles. The summed E-state index contributed by atoms with van der Waals surface area (Å²) in [6, 6.07) is 7.77. The second-order valence-corrected chi connectivity index (χ2v) is 6.50. The zero-order valence-electron chi connectivity index (χ0n) is 13.4. The maximum Gasteiger partial charge on any atom is 0.255 e. The first-order valence-corrected chi connectivity index (χ1v) is 8.24. The summed E-state index contributed by atoms with van der Waals surface area (Å²) >= 11 is 0. The first kappa shape index (κ1) is 15.1. The van der Waals surface area contributed by atoms with Gasteiger partial charge in [-0.1, -0.05) is 0 Å². The molecule has 0 bridgehead atoms. The zero-order valence-corrected chi connectivity index (χ0v) is 13.4. The first-order valence-electron chi connectivity index (χ1n) is 8.24. The molecule has 1 amide bonds. The molecule has 0 aliphatic carbocycles. The van der Waals surface area contributed by atoms with Crippen LogP contribution < -0.4 is 5.32 Å². The molecule has 4 heterocycles. The molecule has 2 aromatic heterocycles. The number of hydrogen-bond acceptors (Lipinski definition) is 5. The van der Waals surface area contributed by atoms with Crippen molar-refractivity contribution in [3.63, 3.8) is 0 Å². The molecule has 2 atom stereocenters. The van der Waals surface area contributed by atoms with Crippen LogP contribution in [-0.2, 0) is 4.74 Å². The van der Waals surface area contributed by atoms with Crippen LogP contribution >= 0.6 is 0 Å². The molecule has 4 rings (SSSR count). The highest BCUT2D eigenvalue weighted by Crippen LogP contribution is 2.36. The minimum atomic E-state index is -0.224. The van der Waals surface area contributed by atoms with Gasteiger partial charge in [0.1, 0.15) is 0 Å². The van der Waals surface area contributed by atoms with Gasteiger partial charge in [-0.25, -0.2) is 0 Å². The van der Waals surface area contributed by atoms with Crippen LogP contribution in [0.3, 0.4) is 0 Å². The fraction of sp³-hybridized carbons (Fsp3) is 0.389. The Hall–Kier alpha value is -2.47. The van der Waals surface area contributed by atoms with Gasteiger partial charge in [-0.15, -0.1) is 0 Å². The van der Waals surface area contributed by atoms with Crippen LogP contribution in [0.25, 0.3) is 0 Å². The fourth-order valence-corrected chi connectivity index (χ4v) is 3.60. The topological polar surface area (TPSA) is 67.4 Å². The molecular formula is C18H20N4O2. The van der Waals surface area contributed by atoms with Crippen LogP contribution in [0.15, 0.2) is 49.1 Å². The molecule has 2 unspecified atom stereocenters. The number of pyridine rings is 2. The maximum atomic E-state index is 12.6. The quantitative estimate of drug-likeness (QED) is 0.935. The minimum Gasteiger partial charge on any atom is -0.379 e. The molecule has 2 fully saturated rings. The van der Waals surface area contributed by atoms with E-state index in [1.807, 2.05) is 29.3 Å². The van der Waals surface area contributed by atoms with Crippen molar-refractivity contribution in [3.05, 3.63) is 54.6 Å². The van der Waals surface area contributed by atoms with Crippen LogP contribution in [0.2, 0.25) is 0 Å². The van der Waals surface area contributed by atoms with E-state index in [0.29, 0.717) is 18.7 Å². The average Bonchev–Trinajstić information content (AvgIpc) is 3.23. The smallest absolute Gasteiger partial charge is 0.255 e. The Morgan fingerprint density at radius 1 is 1.25 bits per heavy atom. The lowest BCUT2D eigenvalue weighted by Gasteiger charge is -2.23. The van der Waals surface area contributed by atoms with E-state index in [1.165, 1.54) is 0 Å².